The number of ether oxygens (including phenoxy) is 3. The topological polar surface area (TPSA) is 103 Å². The molecule has 27 heavy (non-hydrogen) atoms. The predicted octanol–water partition coefficient (Wildman–Crippen LogP) is 1.98. The van der Waals surface area contributed by atoms with Gasteiger partial charge in [0.2, 0.25) is 0 Å². The molecule has 2 rings (SSSR count). The second-order valence-electron chi connectivity index (χ2n) is 5.12. The Balaban J connectivity index is 1.88. The van der Waals surface area contributed by atoms with E-state index < -0.39 is 24.4 Å². The lowest BCUT2D eigenvalue weighted by Crippen LogP contribution is -2.43. The normalized spacial score (nSPS) is 9.89. The Kier molecular flexibility index (Phi) is 7.01. The summed E-state index contributed by atoms with van der Waals surface area (Å²) in [6.45, 7) is -0.593. The Morgan fingerprint density at radius 3 is 2.30 bits per heavy atom. The molecule has 0 aliphatic carbocycles. The van der Waals surface area contributed by atoms with E-state index in [9.17, 15) is 14.4 Å². The summed E-state index contributed by atoms with van der Waals surface area (Å²) in [5.41, 5.74) is 4.65. The van der Waals surface area contributed by atoms with Gasteiger partial charge < -0.3 is 14.2 Å². The zero-order valence-corrected chi connectivity index (χ0v) is 15.3. The first kappa shape index (κ1) is 20.1. The average Bonchev–Trinajstić information content (AvgIpc) is 2.69. The minimum atomic E-state index is -0.731. The van der Waals surface area contributed by atoms with Gasteiger partial charge in [-0.25, -0.2) is 4.79 Å². The molecule has 0 aliphatic rings. The molecule has 142 valence electrons. The lowest BCUT2D eigenvalue weighted by molar-refractivity contribution is -0.125. The SMILES string of the molecule is COc1ccc(Cl)cc1C(=O)NNC(=O)COC(=O)c1ccccc1OC. The summed E-state index contributed by atoms with van der Waals surface area (Å²) in [5, 5.41) is 0.331. The quantitative estimate of drug-likeness (QED) is 0.575. The molecule has 0 unspecified atom stereocenters. The zero-order valence-electron chi connectivity index (χ0n) is 14.6. The number of amides is 2. The molecule has 8 nitrogen and oxygen atoms in total. The van der Waals surface area contributed by atoms with Crippen LogP contribution in [-0.4, -0.2) is 38.6 Å². The smallest absolute Gasteiger partial charge is 0.342 e. The molecule has 0 spiro atoms. The second-order valence-corrected chi connectivity index (χ2v) is 5.56. The van der Waals surface area contributed by atoms with E-state index in [-0.39, 0.29) is 16.9 Å². The summed E-state index contributed by atoms with van der Waals surface area (Å²) < 4.78 is 15.0. The number of para-hydroxylation sites is 1. The standard InChI is InChI=1S/C18H17ClN2O6/c1-25-14-6-4-3-5-12(14)18(24)27-10-16(22)20-21-17(23)13-9-11(19)7-8-15(13)26-2/h3-9H,10H2,1-2H3,(H,20,22)(H,21,23). The fourth-order valence-corrected chi connectivity index (χ4v) is 2.28. The number of nitrogens with one attached hydrogen (secondary N) is 2. The number of carbonyl (C=O) groups excluding carboxylic acids is 3. The summed E-state index contributed by atoms with van der Waals surface area (Å²) >= 11 is 5.86. The Morgan fingerprint density at radius 2 is 1.59 bits per heavy atom. The Hall–Kier alpha value is -3.26. The maximum absolute atomic E-state index is 12.1. The number of hydrazine groups is 1. The van der Waals surface area contributed by atoms with Crippen LogP contribution in [0, 0.1) is 0 Å². The minimum absolute atomic E-state index is 0.135. The van der Waals surface area contributed by atoms with Gasteiger partial charge in [-0.2, -0.15) is 0 Å². The van der Waals surface area contributed by atoms with E-state index in [1.807, 2.05) is 0 Å². The van der Waals surface area contributed by atoms with Crippen LogP contribution in [0.1, 0.15) is 20.7 Å². The highest BCUT2D eigenvalue weighted by Gasteiger charge is 2.16. The first-order valence-corrected chi connectivity index (χ1v) is 8.07. The molecule has 0 heterocycles. The largest absolute Gasteiger partial charge is 0.496 e. The highest BCUT2D eigenvalue weighted by molar-refractivity contribution is 6.31. The third kappa shape index (κ3) is 5.35. The Bertz CT molecular complexity index is 855. The molecule has 0 bridgehead atoms. The lowest BCUT2D eigenvalue weighted by Gasteiger charge is -2.11. The molecule has 2 aromatic carbocycles. The van der Waals surface area contributed by atoms with Gasteiger partial charge in [0.1, 0.15) is 17.1 Å². The van der Waals surface area contributed by atoms with Crippen LogP contribution in [0.2, 0.25) is 5.02 Å². The van der Waals surface area contributed by atoms with Gasteiger partial charge in [0.05, 0.1) is 19.8 Å². The first-order chi connectivity index (χ1) is 13.0. The van der Waals surface area contributed by atoms with Crippen molar-refractivity contribution in [3.8, 4) is 11.5 Å². The molecule has 0 saturated heterocycles. The molecular weight excluding hydrogens is 376 g/mol. The summed E-state index contributed by atoms with van der Waals surface area (Å²) in [5.74, 6) is -1.49. The summed E-state index contributed by atoms with van der Waals surface area (Å²) in [6, 6.07) is 10.9. The van der Waals surface area contributed by atoms with Crippen LogP contribution in [0.25, 0.3) is 0 Å². The number of hydrogen-bond donors (Lipinski definition) is 2. The molecule has 2 N–H and O–H groups in total. The predicted molar refractivity (Wildman–Crippen MR) is 96.9 cm³/mol. The minimum Gasteiger partial charge on any atom is -0.496 e. The van der Waals surface area contributed by atoms with E-state index in [0.29, 0.717) is 10.8 Å². The first-order valence-electron chi connectivity index (χ1n) is 7.69. The molecule has 0 radical (unpaired) electrons. The van der Waals surface area contributed by atoms with Gasteiger partial charge in [0.15, 0.2) is 6.61 Å². The van der Waals surface area contributed by atoms with Crippen molar-refractivity contribution in [3.63, 3.8) is 0 Å². The molecule has 9 heteroatoms. The molecule has 0 fully saturated rings. The van der Waals surface area contributed by atoms with Crippen LogP contribution in [-0.2, 0) is 9.53 Å². The number of benzene rings is 2. The maximum Gasteiger partial charge on any atom is 0.342 e. The van der Waals surface area contributed by atoms with E-state index >= 15 is 0 Å². The van der Waals surface area contributed by atoms with Gasteiger partial charge in [-0.05, 0) is 30.3 Å². The van der Waals surface area contributed by atoms with E-state index in [2.05, 4.69) is 10.9 Å². The van der Waals surface area contributed by atoms with Gasteiger partial charge in [-0.1, -0.05) is 23.7 Å². The molecule has 0 aromatic heterocycles. The van der Waals surface area contributed by atoms with Crippen molar-refractivity contribution in [1.82, 2.24) is 10.9 Å². The molecule has 0 saturated carbocycles. The molecular formula is C18H17ClN2O6. The van der Waals surface area contributed by atoms with Gasteiger partial charge >= 0.3 is 5.97 Å². The summed E-state index contributed by atoms with van der Waals surface area (Å²) in [6.07, 6.45) is 0. The number of esters is 1. The van der Waals surface area contributed by atoms with E-state index in [0.717, 1.165) is 0 Å². The van der Waals surface area contributed by atoms with Crippen LogP contribution < -0.4 is 20.3 Å². The maximum atomic E-state index is 12.1. The Labute approximate surface area is 160 Å². The van der Waals surface area contributed by atoms with Crippen molar-refractivity contribution in [3.05, 3.63) is 58.6 Å². The summed E-state index contributed by atoms with van der Waals surface area (Å²) in [7, 11) is 2.81. The molecule has 2 aromatic rings. The Morgan fingerprint density at radius 1 is 0.926 bits per heavy atom. The lowest BCUT2D eigenvalue weighted by atomic mass is 10.2. The van der Waals surface area contributed by atoms with Gasteiger partial charge in [0, 0.05) is 5.02 Å². The van der Waals surface area contributed by atoms with Gasteiger partial charge in [-0.15, -0.1) is 0 Å². The fourth-order valence-electron chi connectivity index (χ4n) is 2.11. The second kappa shape index (κ2) is 9.44. The van der Waals surface area contributed by atoms with E-state index in [4.69, 9.17) is 25.8 Å². The highest BCUT2D eigenvalue weighted by Crippen LogP contribution is 2.22. The van der Waals surface area contributed by atoms with Crippen molar-refractivity contribution in [1.29, 1.82) is 0 Å². The van der Waals surface area contributed by atoms with Crippen LogP contribution in [0.15, 0.2) is 42.5 Å². The van der Waals surface area contributed by atoms with Crippen molar-refractivity contribution >= 4 is 29.4 Å². The van der Waals surface area contributed by atoms with Crippen molar-refractivity contribution in [2.24, 2.45) is 0 Å². The van der Waals surface area contributed by atoms with Crippen molar-refractivity contribution in [2.75, 3.05) is 20.8 Å². The van der Waals surface area contributed by atoms with Gasteiger partial charge in [0.25, 0.3) is 11.8 Å². The number of rotatable bonds is 6. The number of hydrogen-bond acceptors (Lipinski definition) is 6. The van der Waals surface area contributed by atoms with Crippen LogP contribution in [0.3, 0.4) is 0 Å². The van der Waals surface area contributed by atoms with Crippen LogP contribution in [0.4, 0.5) is 0 Å². The average molecular weight is 393 g/mol. The highest BCUT2D eigenvalue weighted by atomic mass is 35.5. The van der Waals surface area contributed by atoms with E-state index in [1.165, 1.54) is 32.4 Å². The van der Waals surface area contributed by atoms with Gasteiger partial charge in [-0.3, -0.25) is 20.4 Å². The number of halogens is 1. The van der Waals surface area contributed by atoms with Crippen molar-refractivity contribution < 1.29 is 28.6 Å². The number of methoxy groups -OCH3 is 2. The molecule has 0 aliphatic heterocycles. The number of carbonyl (C=O) groups is 3. The van der Waals surface area contributed by atoms with Crippen LogP contribution in [0.5, 0.6) is 11.5 Å². The summed E-state index contributed by atoms with van der Waals surface area (Å²) in [4.78, 5) is 35.9. The molecule has 2 amide bonds. The van der Waals surface area contributed by atoms with Crippen LogP contribution >= 0.6 is 11.6 Å². The molecule has 0 atom stereocenters. The van der Waals surface area contributed by atoms with E-state index in [1.54, 1.807) is 24.3 Å². The van der Waals surface area contributed by atoms with Crippen molar-refractivity contribution in [2.45, 2.75) is 0 Å². The monoisotopic (exact) mass is 392 g/mol. The zero-order chi connectivity index (χ0) is 19.8. The third-order valence-corrected chi connectivity index (χ3v) is 3.62. The third-order valence-electron chi connectivity index (χ3n) is 3.38. The fraction of sp³-hybridized carbons (Fsp3) is 0.167.